The van der Waals surface area contributed by atoms with Crippen molar-refractivity contribution >= 4 is 5.97 Å². The molecule has 0 saturated heterocycles. The van der Waals surface area contributed by atoms with Gasteiger partial charge in [-0.1, -0.05) is 0 Å². The summed E-state index contributed by atoms with van der Waals surface area (Å²) >= 11 is 0. The summed E-state index contributed by atoms with van der Waals surface area (Å²) in [5, 5.41) is 16.6. The van der Waals surface area contributed by atoms with Crippen LogP contribution in [0.5, 0.6) is 5.88 Å². The van der Waals surface area contributed by atoms with Gasteiger partial charge in [0.2, 0.25) is 5.88 Å². The van der Waals surface area contributed by atoms with Gasteiger partial charge in [-0.3, -0.25) is 0 Å². The fraction of sp³-hybridized carbons (Fsp3) is 0.182. The molecule has 0 saturated carbocycles. The number of hydrogen-bond acceptors (Lipinski definition) is 6. The standard InChI is InChI=1S/C11H10N4O3/c1-6-7(11(16)17)5-12-10(13-6)8-3-4-9(18-2)15-14-8/h3-5H,1-2H3,(H,16,17). The van der Waals surface area contributed by atoms with E-state index in [1.165, 1.54) is 13.3 Å². The summed E-state index contributed by atoms with van der Waals surface area (Å²) in [6, 6.07) is 3.28. The smallest absolute Gasteiger partial charge is 0.339 e. The minimum Gasteiger partial charge on any atom is -0.480 e. The van der Waals surface area contributed by atoms with E-state index in [4.69, 9.17) is 9.84 Å². The van der Waals surface area contributed by atoms with Crippen molar-refractivity contribution in [1.29, 1.82) is 0 Å². The molecular formula is C11H10N4O3. The lowest BCUT2D eigenvalue weighted by Crippen LogP contribution is -2.05. The number of carboxylic acid groups (broad SMARTS) is 1. The first-order valence-corrected chi connectivity index (χ1v) is 5.07. The second-order valence-corrected chi connectivity index (χ2v) is 3.46. The van der Waals surface area contributed by atoms with E-state index >= 15 is 0 Å². The van der Waals surface area contributed by atoms with Crippen molar-refractivity contribution < 1.29 is 14.6 Å². The first-order chi connectivity index (χ1) is 8.61. The van der Waals surface area contributed by atoms with Crippen molar-refractivity contribution in [2.45, 2.75) is 6.92 Å². The van der Waals surface area contributed by atoms with Gasteiger partial charge in [-0.05, 0) is 13.0 Å². The molecule has 0 bridgehead atoms. The van der Waals surface area contributed by atoms with E-state index in [9.17, 15) is 4.79 Å². The van der Waals surface area contributed by atoms with Gasteiger partial charge in [0.05, 0.1) is 18.4 Å². The van der Waals surface area contributed by atoms with Gasteiger partial charge in [0.1, 0.15) is 5.69 Å². The highest BCUT2D eigenvalue weighted by molar-refractivity contribution is 5.88. The number of carbonyl (C=O) groups is 1. The van der Waals surface area contributed by atoms with Gasteiger partial charge < -0.3 is 9.84 Å². The zero-order valence-corrected chi connectivity index (χ0v) is 9.78. The molecule has 0 aliphatic heterocycles. The molecule has 7 nitrogen and oxygen atoms in total. The van der Waals surface area contributed by atoms with Gasteiger partial charge >= 0.3 is 5.97 Å². The quantitative estimate of drug-likeness (QED) is 0.860. The minimum atomic E-state index is -1.06. The number of hydrogen-bond donors (Lipinski definition) is 1. The molecule has 0 radical (unpaired) electrons. The molecule has 2 heterocycles. The molecule has 2 rings (SSSR count). The fourth-order valence-corrected chi connectivity index (χ4v) is 1.35. The van der Waals surface area contributed by atoms with Crippen molar-refractivity contribution in [3.63, 3.8) is 0 Å². The van der Waals surface area contributed by atoms with Crippen molar-refractivity contribution in [3.8, 4) is 17.4 Å². The Labute approximate surface area is 102 Å². The molecule has 0 aliphatic rings. The Morgan fingerprint density at radius 1 is 1.33 bits per heavy atom. The van der Waals surface area contributed by atoms with Crippen LogP contribution >= 0.6 is 0 Å². The van der Waals surface area contributed by atoms with E-state index < -0.39 is 5.97 Å². The van der Waals surface area contributed by atoms with E-state index in [-0.39, 0.29) is 5.56 Å². The molecule has 0 aromatic carbocycles. The van der Waals surface area contributed by atoms with Crippen molar-refractivity contribution in [3.05, 3.63) is 29.6 Å². The molecular weight excluding hydrogens is 236 g/mol. The first kappa shape index (κ1) is 11.9. The second kappa shape index (κ2) is 4.74. The second-order valence-electron chi connectivity index (χ2n) is 3.46. The molecule has 0 unspecified atom stereocenters. The van der Waals surface area contributed by atoms with Crippen LogP contribution in [-0.4, -0.2) is 38.4 Å². The van der Waals surface area contributed by atoms with Crippen molar-refractivity contribution in [2.24, 2.45) is 0 Å². The maximum absolute atomic E-state index is 10.8. The van der Waals surface area contributed by atoms with Crippen LogP contribution in [0.3, 0.4) is 0 Å². The van der Waals surface area contributed by atoms with Crippen LogP contribution in [0.2, 0.25) is 0 Å². The van der Waals surface area contributed by atoms with Gasteiger partial charge in [-0.2, -0.15) is 0 Å². The van der Waals surface area contributed by atoms with E-state index in [0.29, 0.717) is 23.1 Å². The molecule has 2 aromatic heterocycles. The maximum Gasteiger partial charge on any atom is 0.339 e. The van der Waals surface area contributed by atoms with Gasteiger partial charge in [-0.25, -0.2) is 14.8 Å². The highest BCUT2D eigenvalue weighted by Gasteiger charge is 2.11. The molecule has 0 aliphatic carbocycles. The van der Waals surface area contributed by atoms with Crippen LogP contribution in [0.15, 0.2) is 18.3 Å². The van der Waals surface area contributed by atoms with Crippen LogP contribution < -0.4 is 4.74 Å². The lowest BCUT2D eigenvalue weighted by atomic mass is 10.2. The van der Waals surface area contributed by atoms with Crippen LogP contribution in [0, 0.1) is 6.92 Å². The molecule has 7 heteroatoms. The minimum absolute atomic E-state index is 0.0696. The number of nitrogens with zero attached hydrogens (tertiary/aromatic N) is 4. The third kappa shape index (κ3) is 2.24. The Balaban J connectivity index is 2.39. The lowest BCUT2D eigenvalue weighted by molar-refractivity contribution is 0.0695. The van der Waals surface area contributed by atoms with Gasteiger partial charge in [0, 0.05) is 12.3 Å². The van der Waals surface area contributed by atoms with Gasteiger partial charge in [0.25, 0.3) is 0 Å². The highest BCUT2D eigenvalue weighted by atomic mass is 16.5. The summed E-state index contributed by atoms with van der Waals surface area (Å²) in [5.41, 5.74) is 0.904. The van der Waals surface area contributed by atoms with E-state index in [1.54, 1.807) is 19.1 Å². The lowest BCUT2D eigenvalue weighted by Gasteiger charge is -2.03. The molecule has 1 N–H and O–H groups in total. The largest absolute Gasteiger partial charge is 0.480 e. The predicted molar refractivity (Wildman–Crippen MR) is 61.3 cm³/mol. The Morgan fingerprint density at radius 2 is 2.11 bits per heavy atom. The Hall–Kier alpha value is -2.57. The third-order valence-corrected chi connectivity index (χ3v) is 2.29. The molecule has 0 fully saturated rings. The van der Waals surface area contributed by atoms with Crippen molar-refractivity contribution in [2.75, 3.05) is 7.11 Å². The summed E-state index contributed by atoms with van der Waals surface area (Å²) in [6.45, 7) is 1.60. The number of aryl methyl sites for hydroxylation is 1. The monoisotopic (exact) mass is 246 g/mol. The summed E-state index contributed by atoms with van der Waals surface area (Å²) in [7, 11) is 1.49. The van der Waals surface area contributed by atoms with Crippen molar-refractivity contribution in [1.82, 2.24) is 20.2 Å². The fourth-order valence-electron chi connectivity index (χ4n) is 1.35. The normalized spacial score (nSPS) is 10.1. The zero-order valence-electron chi connectivity index (χ0n) is 9.78. The number of carboxylic acids is 1. The van der Waals surface area contributed by atoms with Gasteiger partial charge in [-0.15, -0.1) is 10.2 Å². The van der Waals surface area contributed by atoms with Crippen LogP contribution in [0.25, 0.3) is 11.5 Å². The molecule has 0 atom stereocenters. The molecule has 18 heavy (non-hydrogen) atoms. The Kier molecular flexibility index (Phi) is 3.13. The summed E-state index contributed by atoms with van der Waals surface area (Å²) in [5.74, 6) is -0.342. The van der Waals surface area contributed by atoms with Crippen LogP contribution in [-0.2, 0) is 0 Å². The van der Waals surface area contributed by atoms with E-state index in [2.05, 4.69) is 20.2 Å². The summed E-state index contributed by atoms with van der Waals surface area (Å²) in [6.07, 6.45) is 1.26. The molecule has 0 spiro atoms. The van der Waals surface area contributed by atoms with Crippen LogP contribution in [0.1, 0.15) is 16.1 Å². The first-order valence-electron chi connectivity index (χ1n) is 5.07. The molecule has 92 valence electrons. The molecule has 2 aromatic rings. The predicted octanol–water partition coefficient (Wildman–Crippen LogP) is 0.949. The summed E-state index contributed by atoms with van der Waals surface area (Å²) in [4.78, 5) is 18.9. The average molecular weight is 246 g/mol. The number of methoxy groups -OCH3 is 1. The maximum atomic E-state index is 10.8. The average Bonchev–Trinajstić information content (AvgIpc) is 2.38. The number of aromatic nitrogens is 4. The highest BCUT2D eigenvalue weighted by Crippen LogP contribution is 2.15. The van der Waals surface area contributed by atoms with E-state index in [1.807, 2.05) is 0 Å². The number of ether oxygens (including phenoxy) is 1. The van der Waals surface area contributed by atoms with Gasteiger partial charge in [0.15, 0.2) is 5.82 Å². The Bertz CT molecular complexity index is 583. The third-order valence-electron chi connectivity index (χ3n) is 2.29. The SMILES string of the molecule is COc1ccc(-c2ncc(C(=O)O)c(C)n2)nn1. The van der Waals surface area contributed by atoms with Crippen LogP contribution in [0.4, 0.5) is 0 Å². The summed E-state index contributed by atoms with van der Waals surface area (Å²) < 4.78 is 4.89. The number of rotatable bonds is 3. The topological polar surface area (TPSA) is 98.1 Å². The van der Waals surface area contributed by atoms with E-state index in [0.717, 1.165) is 0 Å². The molecule has 0 amide bonds. The number of aromatic carboxylic acids is 1. The Morgan fingerprint density at radius 3 is 2.61 bits per heavy atom. The zero-order chi connectivity index (χ0) is 13.1.